The van der Waals surface area contributed by atoms with Gasteiger partial charge >= 0.3 is 0 Å². The first-order valence-electron chi connectivity index (χ1n) is 20.4. The summed E-state index contributed by atoms with van der Waals surface area (Å²) in [5.41, 5.74) is 3.46. The molecule has 1 aliphatic carbocycles. The molecule has 13 nitrogen and oxygen atoms in total. The van der Waals surface area contributed by atoms with Crippen LogP contribution in [0.2, 0.25) is 0 Å². The molecule has 4 fully saturated rings. The summed E-state index contributed by atoms with van der Waals surface area (Å²) in [6, 6.07) is 12.9. The number of amides is 2. The van der Waals surface area contributed by atoms with Gasteiger partial charge < -0.3 is 15.0 Å². The normalized spacial score (nSPS) is 20.7. The highest BCUT2D eigenvalue weighted by Gasteiger charge is 2.31. The number of nitrogens with zero attached hydrogens (tertiary/aromatic N) is 6. The van der Waals surface area contributed by atoms with Crippen LogP contribution in [0.15, 0.2) is 53.6 Å². The van der Waals surface area contributed by atoms with E-state index in [0.29, 0.717) is 65.5 Å². The molecule has 0 radical (unpaired) electrons. The van der Waals surface area contributed by atoms with Crippen molar-refractivity contribution < 1.29 is 19.1 Å². The number of hydrogen-bond acceptors (Lipinski definition) is 11. The van der Waals surface area contributed by atoms with Crippen LogP contribution < -0.4 is 20.9 Å². The zero-order valence-corrected chi connectivity index (χ0v) is 32.5. The summed E-state index contributed by atoms with van der Waals surface area (Å²) < 4.78 is 7.79. The number of Topliss-reactive ketones (excluding diaryl/α,β-unsaturated/α-hetero) is 1. The summed E-state index contributed by atoms with van der Waals surface area (Å²) in [5.74, 6) is 1.33. The van der Waals surface area contributed by atoms with Gasteiger partial charge in [-0.15, -0.1) is 0 Å². The van der Waals surface area contributed by atoms with Crippen LogP contribution in [0.4, 0.5) is 11.8 Å². The molecule has 56 heavy (non-hydrogen) atoms. The minimum absolute atomic E-state index is 0.0169. The average molecular weight is 761 g/mol. The average Bonchev–Trinajstić information content (AvgIpc) is 3.74. The lowest BCUT2D eigenvalue weighted by molar-refractivity contribution is -0.134. The lowest BCUT2D eigenvalue weighted by atomic mass is 9.85. The van der Waals surface area contributed by atoms with Crippen LogP contribution in [-0.4, -0.2) is 92.3 Å². The molecule has 294 valence electrons. The number of ketones is 1. The van der Waals surface area contributed by atoms with E-state index in [1.54, 1.807) is 23.9 Å². The molecule has 3 aromatic heterocycles. The molecule has 4 aliphatic rings. The molecular formula is C43H52N8O5. The minimum atomic E-state index is -0.269. The Balaban J connectivity index is 0.782. The first kappa shape index (κ1) is 37.9. The van der Waals surface area contributed by atoms with E-state index in [-0.39, 0.29) is 40.7 Å². The fraction of sp³-hybridized carbons (Fsp3) is 0.512. The van der Waals surface area contributed by atoms with Gasteiger partial charge in [0.15, 0.2) is 5.78 Å². The smallest absolute Gasteiger partial charge is 0.263 e. The molecule has 2 amide bonds. The first-order valence-corrected chi connectivity index (χ1v) is 20.4. The molecule has 0 spiro atoms. The largest absolute Gasteiger partial charge is 0.491 e. The minimum Gasteiger partial charge on any atom is -0.491 e. The monoisotopic (exact) mass is 760 g/mol. The van der Waals surface area contributed by atoms with Crippen LogP contribution in [0, 0.1) is 6.92 Å². The van der Waals surface area contributed by atoms with E-state index in [0.717, 1.165) is 76.8 Å². The summed E-state index contributed by atoms with van der Waals surface area (Å²) in [7, 11) is 0. The standard InChI is InChI=1S/C43H52N8O5/c1-27-36-26-45-43(48-40(36)51(33-5-3-4-6-33)42(55)39(27)28(2)52)46-37-13-11-34(25-44-37)56-24-23-49-19-17-32(18-20-49)50-21-15-30(16-22-50)29-7-9-31(10-8-29)35-12-14-38(53)47-41(35)54/h7-11,13,25-26,30,32-33,35H,3-6,12,14-24H2,1-2H3,(H,47,53,54)(H,44,45,46,48). The molecular weight excluding hydrogens is 709 g/mol. The molecule has 1 atom stereocenters. The van der Waals surface area contributed by atoms with Gasteiger partial charge in [-0.3, -0.25) is 34.0 Å². The molecule has 6 heterocycles. The molecule has 1 unspecified atom stereocenters. The van der Waals surface area contributed by atoms with Crippen molar-refractivity contribution in [1.82, 2.24) is 34.6 Å². The number of aromatic nitrogens is 4. The van der Waals surface area contributed by atoms with E-state index in [9.17, 15) is 19.2 Å². The van der Waals surface area contributed by atoms with Crippen LogP contribution in [0.1, 0.15) is 116 Å². The van der Waals surface area contributed by atoms with Crippen molar-refractivity contribution in [3.63, 3.8) is 0 Å². The zero-order chi connectivity index (χ0) is 38.8. The summed E-state index contributed by atoms with van der Waals surface area (Å²) in [6.07, 6.45) is 12.9. The van der Waals surface area contributed by atoms with Gasteiger partial charge in [0.2, 0.25) is 17.8 Å². The van der Waals surface area contributed by atoms with Gasteiger partial charge in [-0.2, -0.15) is 4.98 Å². The molecule has 0 bridgehead atoms. The number of hydrogen-bond donors (Lipinski definition) is 2. The summed E-state index contributed by atoms with van der Waals surface area (Å²) in [6.45, 7) is 9.03. The summed E-state index contributed by atoms with van der Waals surface area (Å²) in [5, 5.41) is 6.36. The number of pyridine rings is 2. The highest BCUT2D eigenvalue weighted by atomic mass is 16.5. The second-order valence-corrected chi connectivity index (χ2v) is 16.0. The lowest BCUT2D eigenvalue weighted by Crippen LogP contribution is -2.48. The van der Waals surface area contributed by atoms with E-state index in [4.69, 9.17) is 9.72 Å². The quantitative estimate of drug-likeness (QED) is 0.141. The fourth-order valence-corrected chi connectivity index (χ4v) is 9.37. The Bertz CT molecular complexity index is 2130. The number of ether oxygens (including phenoxy) is 1. The third kappa shape index (κ3) is 8.10. The van der Waals surface area contributed by atoms with E-state index < -0.39 is 0 Å². The molecule has 1 aromatic carbocycles. The number of rotatable bonds is 11. The Kier molecular flexibility index (Phi) is 11.2. The maximum atomic E-state index is 13.5. The van der Waals surface area contributed by atoms with Crippen LogP contribution in [0.3, 0.4) is 0 Å². The number of imide groups is 1. The van der Waals surface area contributed by atoms with Gasteiger partial charge in [0.05, 0.1) is 17.7 Å². The maximum Gasteiger partial charge on any atom is 0.263 e. The van der Waals surface area contributed by atoms with Gasteiger partial charge in [-0.1, -0.05) is 37.1 Å². The third-order valence-electron chi connectivity index (χ3n) is 12.6. The number of piperidine rings is 3. The van der Waals surface area contributed by atoms with Gasteiger partial charge in [0, 0.05) is 36.6 Å². The molecule has 3 aliphatic heterocycles. The topological polar surface area (TPSA) is 152 Å². The van der Waals surface area contributed by atoms with Crippen molar-refractivity contribution in [2.24, 2.45) is 0 Å². The first-order chi connectivity index (χ1) is 27.2. The second kappa shape index (κ2) is 16.6. The van der Waals surface area contributed by atoms with E-state index >= 15 is 0 Å². The Morgan fingerprint density at radius 2 is 1.59 bits per heavy atom. The second-order valence-electron chi connectivity index (χ2n) is 16.0. The van der Waals surface area contributed by atoms with Gasteiger partial charge in [-0.05, 0) is 120 Å². The van der Waals surface area contributed by atoms with Crippen molar-refractivity contribution >= 4 is 40.4 Å². The fourth-order valence-electron chi connectivity index (χ4n) is 9.37. The molecule has 4 aromatic rings. The number of likely N-dealkylation sites (tertiary alicyclic amines) is 2. The Hall–Kier alpha value is -5.01. The van der Waals surface area contributed by atoms with E-state index in [1.807, 2.05) is 12.1 Å². The number of aryl methyl sites for hydroxylation is 1. The summed E-state index contributed by atoms with van der Waals surface area (Å²) in [4.78, 5) is 68.8. The van der Waals surface area contributed by atoms with Crippen molar-refractivity contribution in [2.75, 3.05) is 44.6 Å². The Morgan fingerprint density at radius 1 is 0.857 bits per heavy atom. The maximum absolute atomic E-state index is 13.5. The molecule has 1 saturated carbocycles. The van der Waals surface area contributed by atoms with Gasteiger partial charge in [-0.25, -0.2) is 9.97 Å². The van der Waals surface area contributed by atoms with Gasteiger partial charge in [0.25, 0.3) is 5.56 Å². The van der Waals surface area contributed by atoms with Crippen molar-refractivity contribution in [3.8, 4) is 5.75 Å². The zero-order valence-electron chi connectivity index (χ0n) is 32.5. The van der Waals surface area contributed by atoms with E-state index in [2.05, 4.69) is 54.7 Å². The predicted molar refractivity (Wildman–Crippen MR) is 214 cm³/mol. The number of benzene rings is 1. The number of nitrogens with one attached hydrogen (secondary N) is 2. The Labute approximate surface area is 327 Å². The van der Waals surface area contributed by atoms with Crippen molar-refractivity contribution in [2.45, 2.75) is 102 Å². The van der Waals surface area contributed by atoms with Crippen LogP contribution in [0.5, 0.6) is 5.75 Å². The molecule has 13 heteroatoms. The SMILES string of the molecule is CC(=O)c1c(C)c2cnc(Nc3ccc(OCCN4CCC(N5CCC(c6ccc(C7CCC(=O)NC7=O)cc6)CC5)CC4)cn3)nc2n(C2CCCC2)c1=O. The van der Waals surface area contributed by atoms with Crippen molar-refractivity contribution in [3.05, 3.63) is 81.4 Å². The Morgan fingerprint density at radius 3 is 2.27 bits per heavy atom. The van der Waals surface area contributed by atoms with Crippen LogP contribution in [0.25, 0.3) is 11.0 Å². The molecule has 2 N–H and O–H groups in total. The third-order valence-corrected chi connectivity index (χ3v) is 12.6. The predicted octanol–water partition coefficient (Wildman–Crippen LogP) is 5.80. The molecule has 3 saturated heterocycles. The van der Waals surface area contributed by atoms with Crippen LogP contribution >= 0.6 is 0 Å². The highest BCUT2D eigenvalue weighted by molar-refractivity contribution is 6.01. The highest BCUT2D eigenvalue weighted by Crippen LogP contribution is 2.34. The van der Waals surface area contributed by atoms with Crippen LogP contribution in [-0.2, 0) is 9.59 Å². The molecule has 8 rings (SSSR count). The number of fused-ring (bicyclic) bond motifs is 1. The lowest BCUT2D eigenvalue weighted by Gasteiger charge is -2.42. The number of anilines is 2. The van der Waals surface area contributed by atoms with E-state index in [1.165, 1.54) is 25.3 Å². The number of carbonyl (C=O) groups is 3. The van der Waals surface area contributed by atoms with Gasteiger partial charge in [0.1, 0.15) is 23.8 Å². The summed E-state index contributed by atoms with van der Waals surface area (Å²) >= 11 is 0. The van der Waals surface area contributed by atoms with Crippen molar-refractivity contribution in [1.29, 1.82) is 0 Å². The number of carbonyl (C=O) groups excluding carboxylic acids is 3.